The van der Waals surface area contributed by atoms with E-state index in [1.165, 1.54) is 0 Å². The zero-order valence-electron chi connectivity index (χ0n) is 10.4. The molecule has 5 nitrogen and oxygen atoms in total. The van der Waals surface area contributed by atoms with Gasteiger partial charge in [0.1, 0.15) is 6.54 Å². The minimum atomic E-state index is -1.05. The van der Waals surface area contributed by atoms with E-state index in [9.17, 15) is 14.7 Å². The lowest BCUT2D eigenvalue weighted by Crippen LogP contribution is -3.16. The normalized spacial score (nSPS) is 16.4. The molecule has 1 aliphatic rings. The van der Waals surface area contributed by atoms with Crippen molar-refractivity contribution >= 4 is 23.5 Å². The van der Waals surface area contributed by atoms with Crippen LogP contribution in [-0.4, -0.2) is 49.5 Å². The number of nitrogens with zero attached hydrogens (tertiary/aromatic N) is 1. The molecule has 2 rings (SSSR count). The number of carbonyl (C=O) groups is 2. The SMILES string of the molecule is O=C([O-])C[NH+]1CCN(C(=O)c2cccc(Cl)c2)CC1. The topological polar surface area (TPSA) is 64.9 Å². The van der Waals surface area contributed by atoms with E-state index in [1.807, 2.05) is 0 Å². The fourth-order valence-electron chi connectivity index (χ4n) is 2.21. The summed E-state index contributed by atoms with van der Waals surface area (Å²) in [6, 6.07) is 6.84. The Morgan fingerprint density at radius 1 is 1.32 bits per heavy atom. The van der Waals surface area contributed by atoms with E-state index in [0.717, 1.165) is 4.90 Å². The van der Waals surface area contributed by atoms with Crippen molar-refractivity contribution in [1.82, 2.24) is 4.90 Å². The van der Waals surface area contributed by atoms with E-state index in [4.69, 9.17) is 11.6 Å². The van der Waals surface area contributed by atoms with E-state index in [-0.39, 0.29) is 12.5 Å². The predicted molar refractivity (Wildman–Crippen MR) is 67.9 cm³/mol. The smallest absolute Gasteiger partial charge is 0.254 e. The molecule has 1 fully saturated rings. The lowest BCUT2D eigenvalue weighted by Gasteiger charge is -2.32. The summed E-state index contributed by atoms with van der Waals surface area (Å²) in [6.45, 7) is 2.35. The average molecular weight is 283 g/mol. The molecule has 0 aliphatic carbocycles. The Morgan fingerprint density at radius 2 is 2.00 bits per heavy atom. The van der Waals surface area contributed by atoms with Gasteiger partial charge in [0.15, 0.2) is 0 Å². The number of carboxylic acid groups (broad SMARTS) is 1. The number of amides is 1. The molecule has 1 saturated heterocycles. The summed E-state index contributed by atoms with van der Waals surface area (Å²) in [6.07, 6.45) is 0. The van der Waals surface area contributed by atoms with Gasteiger partial charge in [-0.15, -0.1) is 0 Å². The summed E-state index contributed by atoms with van der Waals surface area (Å²) < 4.78 is 0. The molecule has 0 saturated carbocycles. The van der Waals surface area contributed by atoms with Gasteiger partial charge in [0, 0.05) is 10.6 Å². The lowest BCUT2D eigenvalue weighted by atomic mass is 10.2. The van der Waals surface area contributed by atoms with Crippen LogP contribution in [-0.2, 0) is 4.79 Å². The molecule has 0 spiro atoms. The van der Waals surface area contributed by atoms with Gasteiger partial charge in [-0.05, 0) is 18.2 Å². The number of nitrogens with one attached hydrogen (secondary N) is 1. The van der Waals surface area contributed by atoms with Gasteiger partial charge in [-0.2, -0.15) is 0 Å². The molecular weight excluding hydrogens is 268 g/mol. The average Bonchev–Trinajstić information content (AvgIpc) is 2.38. The van der Waals surface area contributed by atoms with Gasteiger partial charge in [0.2, 0.25) is 0 Å². The van der Waals surface area contributed by atoms with E-state index in [1.54, 1.807) is 29.2 Å². The van der Waals surface area contributed by atoms with Crippen LogP contribution < -0.4 is 10.0 Å². The second-order valence-corrected chi connectivity index (χ2v) is 5.04. The third-order valence-corrected chi connectivity index (χ3v) is 3.46. The van der Waals surface area contributed by atoms with Gasteiger partial charge < -0.3 is 19.7 Å². The standard InChI is InChI=1S/C13H15ClN2O3/c14-11-3-1-2-10(8-11)13(19)16-6-4-15(5-7-16)9-12(17)18/h1-3,8H,4-7,9H2,(H,17,18). The second-order valence-electron chi connectivity index (χ2n) is 4.60. The predicted octanol–water partition coefficient (Wildman–Crippen LogP) is -1.57. The van der Waals surface area contributed by atoms with Gasteiger partial charge in [-0.1, -0.05) is 17.7 Å². The molecule has 0 radical (unpaired) electrons. The molecule has 1 aromatic carbocycles. The maximum atomic E-state index is 12.2. The van der Waals surface area contributed by atoms with Crippen LogP contribution in [0.4, 0.5) is 0 Å². The highest BCUT2D eigenvalue weighted by Crippen LogP contribution is 2.12. The van der Waals surface area contributed by atoms with Gasteiger partial charge in [0.25, 0.3) is 5.91 Å². The molecular formula is C13H15ClN2O3. The van der Waals surface area contributed by atoms with E-state index in [0.29, 0.717) is 36.8 Å². The first kappa shape index (κ1) is 13.8. The van der Waals surface area contributed by atoms with Gasteiger partial charge in [-0.3, -0.25) is 4.79 Å². The first-order valence-corrected chi connectivity index (χ1v) is 6.52. The molecule has 1 aromatic rings. The van der Waals surface area contributed by atoms with Crippen LogP contribution in [0, 0.1) is 0 Å². The highest BCUT2D eigenvalue weighted by molar-refractivity contribution is 6.30. The molecule has 0 aromatic heterocycles. The maximum Gasteiger partial charge on any atom is 0.254 e. The van der Waals surface area contributed by atoms with Crippen molar-refractivity contribution in [3.05, 3.63) is 34.9 Å². The molecule has 6 heteroatoms. The highest BCUT2D eigenvalue weighted by Gasteiger charge is 2.24. The van der Waals surface area contributed by atoms with E-state index >= 15 is 0 Å². The third-order valence-electron chi connectivity index (χ3n) is 3.22. The molecule has 0 atom stereocenters. The van der Waals surface area contributed by atoms with Crippen molar-refractivity contribution in [2.45, 2.75) is 0 Å². The Morgan fingerprint density at radius 3 is 2.58 bits per heavy atom. The number of benzene rings is 1. The molecule has 0 unspecified atom stereocenters. The highest BCUT2D eigenvalue weighted by atomic mass is 35.5. The minimum Gasteiger partial charge on any atom is -0.544 e. The molecule has 1 aliphatic heterocycles. The van der Waals surface area contributed by atoms with Crippen molar-refractivity contribution in [3.8, 4) is 0 Å². The first-order valence-electron chi connectivity index (χ1n) is 6.14. The summed E-state index contributed by atoms with van der Waals surface area (Å²) >= 11 is 5.86. The first-order chi connectivity index (χ1) is 9.06. The molecule has 1 amide bonds. The number of hydrogen-bond acceptors (Lipinski definition) is 3. The number of aliphatic carboxylic acids is 1. The molecule has 102 valence electrons. The Balaban J connectivity index is 1.94. The number of halogens is 1. The Kier molecular flexibility index (Phi) is 4.39. The summed E-state index contributed by atoms with van der Waals surface area (Å²) in [7, 11) is 0. The summed E-state index contributed by atoms with van der Waals surface area (Å²) in [5.74, 6) is -1.11. The number of piperazine rings is 1. The number of carboxylic acids is 1. The molecule has 19 heavy (non-hydrogen) atoms. The number of hydrogen-bond donors (Lipinski definition) is 1. The maximum absolute atomic E-state index is 12.2. The molecule has 0 bridgehead atoms. The van der Waals surface area contributed by atoms with Crippen LogP contribution in [0.15, 0.2) is 24.3 Å². The summed E-state index contributed by atoms with van der Waals surface area (Å²) in [5.41, 5.74) is 0.566. The number of rotatable bonds is 3. The lowest BCUT2D eigenvalue weighted by molar-refractivity contribution is -0.898. The summed E-state index contributed by atoms with van der Waals surface area (Å²) in [5, 5.41) is 11.0. The van der Waals surface area contributed by atoms with Crippen molar-refractivity contribution in [2.24, 2.45) is 0 Å². The van der Waals surface area contributed by atoms with Crippen LogP contribution in [0.2, 0.25) is 5.02 Å². The number of carbonyl (C=O) groups excluding carboxylic acids is 2. The van der Waals surface area contributed by atoms with Gasteiger partial charge in [-0.25, -0.2) is 0 Å². The van der Waals surface area contributed by atoms with Crippen LogP contribution in [0.3, 0.4) is 0 Å². The van der Waals surface area contributed by atoms with Crippen molar-refractivity contribution in [2.75, 3.05) is 32.7 Å². The van der Waals surface area contributed by atoms with Gasteiger partial charge >= 0.3 is 0 Å². The fraction of sp³-hybridized carbons (Fsp3) is 0.385. The van der Waals surface area contributed by atoms with Crippen LogP contribution in [0.1, 0.15) is 10.4 Å². The van der Waals surface area contributed by atoms with Crippen LogP contribution in [0.5, 0.6) is 0 Å². The fourth-order valence-corrected chi connectivity index (χ4v) is 2.40. The quantitative estimate of drug-likeness (QED) is 0.729. The molecule has 1 heterocycles. The summed E-state index contributed by atoms with van der Waals surface area (Å²) in [4.78, 5) is 25.4. The third kappa shape index (κ3) is 3.68. The van der Waals surface area contributed by atoms with E-state index < -0.39 is 5.97 Å². The molecule has 1 N–H and O–H groups in total. The van der Waals surface area contributed by atoms with Gasteiger partial charge in [0.05, 0.1) is 32.1 Å². The monoisotopic (exact) mass is 282 g/mol. The van der Waals surface area contributed by atoms with Crippen LogP contribution in [0.25, 0.3) is 0 Å². The largest absolute Gasteiger partial charge is 0.544 e. The Labute approximate surface area is 116 Å². The Bertz CT molecular complexity index is 485. The van der Waals surface area contributed by atoms with Crippen molar-refractivity contribution in [1.29, 1.82) is 0 Å². The van der Waals surface area contributed by atoms with E-state index in [2.05, 4.69) is 0 Å². The van der Waals surface area contributed by atoms with Crippen molar-refractivity contribution < 1.29 is 19.6 Å². The van der Waals surface area contributed by atoms with Crippen LogP contribution >= 0.6 is 11.6 Å². The second kappa shape index (κ2) is 6.04. The van der Waals surface area contributed by atoms with Crippen molar-refractivity contribution in [3.63, 3.8) is 0 Å². The number of quaternary nitrogens is 1. The zero-order chi connectivity index (χ0) is 13.8. The zero-order valence-corrected chi connectivity index (χ0v) is 11.2. The Hall–Kier alpha value is -1.59. The minimum absolute atomic E-state index is 0.000798.